The standard InChI is InChI=1S/C15H22N2OS/c1-17(11-13-5-3-4-10-16-13)15(18)12-6-8-14(19-2)9-7-12/h6-9,13,16H,3-5,10-11H2,1-2H3. The Morgan fingerprint density at radius 3 is 2.68 bits per heavy atom. The summed E-state index contributed by atoms with van der Waals surface area (Å²) in [5, 5.41) is 3.48. The molecule has 0 radical (unpaired) electrons. The van der Waals surface area contributed by atoms with Crippen LogP contribution in [0.3, 0.4) is 0 Å². The van der Waals surface area contributed by atoms with Crippen molar-refractivity contribution in [3.8, 4) is 0 Å². The van der Waals surface area contributed by atoms with Crippen LogP contribution in [0.25, 0.3) is 0 Å². The second-order valence-corrected chi connectivity index (χ2v) is 5.94. The van der Waals surface area contributed by atoms with Crippen LogP contribution in [0.1, 0.15) is 29.6 Å². The summed E-state index contributed by atoms with van der Waals surface area (Å²) in [6.07, 6.45) is 5.73. The molecule has 0 bridgehead atoms. The van der Waals surface area contributed by atoms with E-state index < -0.39 is 0 Å². The van der Waals surface area contributed by atoms with Gasteiger partial charge in [-0.05, 0) is 49.9 Å². The Hall–Kier alpha value is -1.00. The molecule has 1 atom stereocenters. The van der Waals surface area contributed by atoms with Crippen LogP contribution in [0.2, 0.25) is 0 Å². The predicted molar refractivity (Wildman–Crippen MR) is 80.8 cm³/mol. The average Bonchev–Trinajstić information content (AvgIpc) is 2.47. The van der Waals surface area contributed by atoms with Crippen LogP contribution in [0.4, 0.5) is 0 Å². The Morgan fingerprint density at radius 1 is 1.37 bits per heavy atom. The van der Waals surface area contributed by atoms with Crippen LogP contribution >= 0.6 is 11.8 Å². The van der Waals surface area contributed by atoms with Gasteiger partial charge in [0.05, 0.1) is 0 Å². The lowest BCUT2D eigenvalue weighted by atomic mass is 10.0. The number of nitrogens with one attached hydrogen (secondary N) is 1. The van der Waals surface area contributed by atoms with Gasteiger partial charge in [-0.2, -0.15) is 0 Å². The number of likely N-dealkylation sites (N-methyl/N-ethyl adjacent to an activating group) is 1. The van der Waals surface area contributed by atoms with Gasteiger partial charge in [-0.25, -0.2) is 0 Å². The van der Waals surface area contributed by atoms with Crippen molar-refractivity contribution in [2.75, 3.05) is 26.4 Å². The molecule has 104 valence electrons. The third kappa shape index (κ3) is 3.98. The molecule has 19 heavy (non-hydrogen) atoms. The van der Waals surface area contributed by atoms with Gasteiger partial charge in [0.1, 0.15) is 0 Å². The fourth-order valence-corrected chi connectivity index (χ4v) is 2.86. The number of amides is 1. The van der Waals surface area contributed by atoms with Crippen molar-refractivity contribution in [1.82, 2.24) is 10.2 Å². The first-order valence-corrected chi connectivity index (χ1v) is 8.06. The van der Waals surface area contributed by atoms with Gasteiger partial charge in [-0.15, -0.1) is 11.8 Å². The molecule has 1 aliphatic heterocycles. The number of nitrogens with zero attached hydrogens (tertiary/aromatic N) is 1. The van der Waals surface area contributed by atoms with E-state index >= 15 is 0 Å². The molecule has 1 amide bonds. The Morgan fingerprint density at radius 2 is 2.11 bits per heavy atom. The summed E-state index contributed by atoms with van der Waals surface area (Å²) in [5.41, 5.74) is 0.774. The second kappa shape index (κ2) is 6.96. The van der Waals surface area contributed by atoms with E-state index in [-0.39, 0.29) is 5.91 Å². The van der Waals surface area contributed by atoms with E-state index in [1.165, 1.54) is 24.2 Å². The van der Waals surface area contributed by atoms with Crippen molar-refractivity contribution >= 4 is 17.7 Å². The summed E-state index contributed by atoms with van der Waals surface area (Å²) in [6.45, 7) is 1.87. The number of thioether (sulfide) groups is 1. The minimum absolute atomic E-state index is 0.111. The zero-order valence-corrected chi connectivity index (χ0v) is 12.5. The molecule has 0 aromatic heterocycles. The highest BCUT2D eigenvalue weighted by molar-refractivity contribution is 7.98. The van der Waals surface area contributed by atoms with Gasteiger partial charge in [0, 0.05) is 30.1 Å². The van der Waals surface area contributed by atoms with E-state index in [0.717, 1.165) is 18.7 Å². The molecule has 4 heteroatoms. The number of benzene rings is 1. The van der Waals surface area contributed by atoms with E-state index in [1.807, 2.05) is 42.5 Å². The monoisotopic (exact) mass is 278 g/mol. The van der Waals surface area contributed by atoms with Crippen LogP contribution in [-0.2, 0) is 0 Å². The zero-order chi connectivity index (χ0) is 13.7. The Bertz CT molecular complexity index is 413. The fraction of sp³-hybridized carbons (Fsp3) is 0.533. The molecule has 0 spiro atoms. The molecule has 1 aromatic carbocycles. The summed E-state index contributed by atoms with van der Waals surface area (Å²) in [5.74, 6) is 0.111. The van der Waals surface area contributed by atoms with Crippen LogP contribution < -0.4 is 5.32 Å². The van der Waals surface area contributed by atoms with Crippen molar-refractivity contribution in [3.05, 3.63) is 29.8 Å². The summed E-state index contributed by atoms with van der Waals surface area (Å²) in [4.78, 5) is 15.3. The summed E-state index contributed by atoms with van der Waals surface area (Å²) >= 11 is 1.69. The third-order valence-electron chi connectivity index (χ3n) is 3.59. The lowest BCUT2D eigenvalue weighted by molar-refractivity contribution is 0.0775. The van der Waals surface area contributed by atoms with Crippen LogP contribution in [0, 0.1) is 0 Å². The number of rotatable bonds is 4. The second-order valence-electron chi connectivity index (χ2n) is 5.06. The van der Waals surface area contributed by atoms with E-state index in [2.05, 4.69) is 5.32 Å². The largest absolute Gasteiger partial charge is 0.340 e. The highest BCUT2D eigenvalue weighted by Crippen LogP contribution is 2.16. The molecule has 1 unspecified atom stereocenters. The number of hydrogen-bond acceptors (Lipinski definition) is 3. The molecule has 1 fully saturated rings. The van der Waals surface area contributed by atoms with Crippen molar-refractivity contribution in [3.63, 3.8) is 0 Å². The summed E-state index contributed by atoms with van der Waals surface area (Å²) < 4.78 is 0. The van der Waals surface area contributed by atoms with E-state index in [0.29, 0.717) is 6.04 Å². The van der Waals surface area contributed by atoms with Gasteiger partial charge in [0.2, 0.25) is 0 Å². The molecule has 0 saturated carbocycles. The molecule has 1 saturated heterocycles. The van der Waals surface area contributed by atoms with Gasteiger partial charge in [-0.3, -0.25) is 4.79 Å². The number of carbonyl (C=O) groups is 1. The molecule has 0 aliphatic carbocycles. The maximum atomic E-state index is 12.3. The van der Waals surface area contributed by atoms with Crippen molar-refractivity contribution in [2.24, 2.45) is 0 Å². The van der Waals surface area contributed by atoms with Crippen LogP contribution in [-0.4, -0.2) is 43.2 Å². The molecule has 1 heterocycles. The molecule has 2 rings (SSSR count). The minimum Gasteiger partial charge on any atom is -0.340 e. The Labute approximate surface area is 119 Å². The first-order valence-electron chi connectivity index (χ1n) is 6.83. The van der Waals surface area contributed by atoms with Crippen LogP contribution in [0.5, 0.6) is 0 Å². The lowest BCUT2D eigenvalue weighted by Crippen LogP contribution is -2.44. The predicted octanol–water partition coefficient (Wildman–Crippen LogP) is 2.62. The molecule has 1 aliphatic rings. The highest BCUT2D eigenvalue weighted by Gasteiger charge is 2.18. The van der Waals surface area contributed by atoms with E-state index in [9.17, 15) is 4.79 Å². The van der Waals surface area contributed by atoms with Gasteiger partial charge in [-0.1, -0.05) is 6.42 Å². The maximum absolute atomic E-state index is 12.3. The van der Waals surface area contributed by atoms with Crippen molar-refractivity contribution < 1.29 is 4.79 Å². The van der Waals surface area contributed by atoms with Gasteiger partial charge in [0.25, 0.3) is 5.91 Å². The molecular formula is C15H22N2OS. The fourth-order valence-electron chi connectivity index (χ4n) is 2.45. The number of hydrogen-bond donors (Lipinski definition) is 1. The quantitative estimate of drug-likeness (QED) is 0.859. The molecule has 3 nitrogen and oxygen atoms in total. The first kappa shape index (κ1) is 14.4. The minimum atomic E-state index is 0.111. The number of carbonyl (C=O) groups excluding carboxylic acids is 1. The van der Waals surface area contributed by atoms with Gasteiger partial charge < -0.3 is 10.2 Å². The zero-order valence-electron chi connectivity index (χ0n) is 11.7. The molecular weight excluding hydrogens is 256 g/mol. The molecule has 1 N–H and O–H groups in total. The topological polar surface area (TPSA) is 32.3 Å². The Kier molecular flexibility index (Phi) is 5.28. The van der Waals surface area contributed by atoms with E-state index in [4.69, 9.17) is 0 Å². The van der Waals surface area contributed by atoms with E-state index in [1.54, 1.807) is 11.8 Å². The Balaban J connectivity index is 1.93. The normalized spacial score (nSPS) is 19.2. The average molecular weight is 278 g/mol. The van der Waals surface area contributed by atoms with Gasteiger partial charge in [0.15, 0.2) is 0 Å². The van der Waals surface area contributed by atoms with Crippen molar-refractivity contribution in [2.45, 2.75) is 30.2 Å². The smallest absolute Gasteiger partial charge is 0.253 e. The van der Waals surface area contributed by atoms with Crippen molar-refractivity contribution in [1.29, 1.82) is 0 Å². The third-order valence-corrected chi connectivity index (χ3v) is 4.33. The summed E-state index contributed by atoms with van der Waals surface area (Å²) in [7, 11) is 1.89. The first-order chi connectivity index (χ1) is 9.20. The SMILES string of the molecule is CSc1ccc(C(=O)N(C)CC2CCCCN2)cc1. The number of piperidine rings is 1. The van der Waals surface area contributed by atoms with Crippen LogP contribution in [0.15, 0.2) is 29.2 Å². The summed E-state index contributed by atoms with van der Waals surface area (Å²) in [6, 6.07) is 8.29. The van der Waals surface area contributed by atoms with Gasteiger partial charge >= 0.3 is 0 Å². The molecule has 1 aromatic rings. The lowest BCUT2D eigenvalue weighted by Gasteiger charge is -2.28. The highest BCUT2D eigenvalue weighted by atomic mass is 32.2. The maximum Gasteiger partial charge on any atom is 0.253 e.